The van der Waals surface area contributed by atoms with Crippen LogP contribution in [0.5, 0.6) is 0 Å². The average molecular weight is 456 g/mol. The maximum absolute atomic E-state index is 13.2. The van der Waals surface area contributed by atoms with Gasteiger partial charge in [-0.15, -0.1) is 0 Å². The quantitative estimate of drug-likeness (QED) is 0.249. The first-order valence-electron chi connectivity index (χ1n) is 10.4. The zero-order valence-corrected chi connectivity index (χ0v) is 17.4. The van der Waals surface area contributed by atoms with Gasteiger partial charge in [-0.05, 0) is 32.1 Å². The molecule has 0 aromatic rings. The van der Waals surface area contributed by atoms with E-state index in [0.717, 1.165) is 0 Å². The number of hydrogen-bond acceptors (Lipinski definition) is 7. The van der Waals surface area contributed by atoms with Gasteiger partial charge in [0.1, 0.15) is 18.1 Å². The Balaban J connectivity index is 2.07. The van der Waals surface area contributed by atoms with E-state index < -0.39 is 72.6 Å². The van der Waals surface area contributed by atoms with E-state index in [1.54, 1.807) is 0 Å². The monoisotopic (exact) mass is 456 g/mol. The van der Waals surface area contributed by atoms with Crippen LogP contribution in [-0.4, -0.2) is 98.0 Å². The smallest absolute Gasteiger partial charge is 0.326 e. The molecule has 6 N–H and O–H groups in total. The first kappa shape index (κ1) is 25.0. The van der Waals surface area contributed by atoms with E-state index in [9.17, 15) is 33.9 Å². The molecule has 2 saturated heterocycles. The van der Waals surface area contributed by atoms with Crippen LogP contribution >= 0.6 is 0 Å². The summed E-state index contributed by atoms with van der Waals surface area (Å²) in [6, 6.07) is -4.52. The van der Waals surface area contributed by atoms with Gasteiger partial charge in [-0.2, -0.15) is 0 Å². The van der Waals surface area contributed by atoms with E-state index in [1.807, 2.05) is 0 Å². The van der Waals surface area contributed by atoms with Crippen molar-refractivity contribution < 1.29 is 44.1 Å². The van der Waals surface area contributed by atoms with Crippen LogP contribution in [0.25, 0.3) is 0 Å². The van der Waals surface area contributed by atoms with Crippen LogP contribution in [0.15, 0.2) is 0 Å². The lowest BCUT2D eigenvalue weighted by atomic mass is 10.1. The highest BCUT2D eigenvalue weighted by Gasteiger charge is 2.43. The Labute approximate surface area is 183 Å². The average Bonchev–Trinajstić information content (AvgIpc) is 3.38. The first-order chi connectivity index (χ1) is 15.0. The van der Waals surface area contributed by atoms with Gasteiger partial charge in [0.2, 0.25) is 17.7 Å². The van der Waals surface area contributed by atoms with Crippen molar-refractivity contribution >= 4 is 35.6 Å². The van der Waals surface area contributed by atoms with Gasteiger partial charge >= 0.3 is 17.9 Å². The molecule has 13 heteroatoms. The number of nitrogens with one attached hydrogen (secondary N) is 1. The van der Waals surface area contributed by atoms with Crippen LogP contribution in [0.1, 0.15) is 44.9 Å². The molecule has 3 amide bonds. The summed E-state index contributed by atoms with van der Waals surface area (Å²) >= 11 is 0. The van der Waals surface area contributed by atoms with Crippen molar-refractivity contribution in [2.75, 3.05) is 13.1 Å². The van der Waals surface area contributed by atoms with Crippen LogP contribution in [0.4, 0.5) is 0 Å². The predicted molar refractivity (Wildman–Crippen MR) is 106 cm³/mol. The molecule has 13 nitrogen and oxygen atoms in total. The number of carboxylic acids is 3. The van der Waals surface area contributed by atoms with E-state index in [2.05, 4.69) is 5.32 Å². The number of carbonyl (C=O) groups is 6. The molecule has 0 aliphatic carbocycles. The number of carboxylic acid groups (broad SMARTS) is 3. The second-order valence-corrected chi connectivity index (χ2v) is 7.92. The third-order valence-electron chi connectivity index (χ3n) is 5.63. The third-order valence-corrected chi connectivity index (χ3v) is 5.63. The van der Waals surface area contributed by atoms with Crippen LogP contribution in [0, 0.1) is 0 Å². The number of carbonyl (C=O) groups excluding carboxylic acids is 3. The van der Waals surface area contributed by atoms with E-state index in [-0.39, 0.29) is 19.5 Å². The lowest BCUT2D eigenvalue weighted by Crippen LogP contribution is -2.56. The number of hydrogen-bond donors (Lipinski definition) is 5. The number of rotatable bonds is 10. The Bertz CT molecular complexity index is 787. The van der Waals surface area contributed by atoms with Gasteiger partial charge in [-0.3, -0.25) is 24.0 Å². The van der Waals surface area contributed by atoms with Gasteiger partial charge in [0.25, 0.3) is 0 Å². The molecule has 0 radical (unpaired) electrons. The minimum atomic E-state index is -1.41. The SMILES string of the molecule is NC(CC(=O)O)C(=O)N1CCCC1C(=O)N1CCCC1C(=O)NC(CCC(=O)O)C(=O)O. The second kappa shape index (κ2) is 10.9. The van der Waals surface area contributed by atoms with Gasteiger partial charge in [-0.25, -0.2) is 4.79 Å². The number of aliphatic carboxylic acids is 3. The van der Waals surface area contributed by atoms with Gasteiger partial charge in [0.15, 0.2) is 0 Å². The molecule has 0 bridgehead atoms. The molecular weight excluding hydrogens is 428 g/mol. The molecule has 2 rings (SSSR count). The van der Waals surface area contributed by atoms with Crippen LogP contribution in [-0.2, 0) is 28.8 Å². The van der Waals surface area contributed by atoms with Crippen molar-refractivity contribution in [3.05, 3.63) is 0 Å². The van der Waals surface area contributed by atoms with Gasteiger partial charge < -0.3 is 36.2 Å². The maximum Gasteiger partial charge on any atom is 0.326 e. The predicted octanol–water partition coefficient (Wildman–Crippen LogP) is -1.80. The lowest BCUT2D eigenvalue weighted by Gasteiger charge is -2.32. The minimum Gasteiger partial charge on any atom is -0.481 e. The normalized spacial score (nSPS) is 22.3. The maximum atomic E-state index is 13.2. The van der Waals surface area contributed by atoms with Crippen molar-refractivity contribution in [3.8, 4) is 0 Å². The fourth-order valence-electron chi connectivity index (χ4n) is 4.06. The van der Waals surface area contributed by atoms with E-state index in [1.165, 1.54) is 9.80 Å². The summed E-state index contributed by atoms with van der Waals surface area (Å²) in [6.07, 6.45) is 0.327. The van der Waals surface area contributed by atoms with Crippen molar-refractivity contribution in [2.24, 2.45) is 5.73 Å². The molecule has 0 aromatic carbocycles. The van der Waals surface area contributed by atoms with E-state index in [0.29, 0.717) is 25.7 Å². The molecule has 4 unspecified atom stereocenters. The summed E-state index contributed by atoms with van der Waals surface area (Å²) in [5.41, 5.74) is 5.66. The van der Waals surface area contributed by atoms with Gasteiger partial charge in [0, 0.05) is 19.5 Å². The van der Waals surface area contributed by atoms with Crippen LogP contribution in [0.2, 0.25) is 0 Å². The Morgan fingerprint density at radius 1 is 0.906 bits per heavy atom. The number of amides is 3. The van der Waals surface area contributed by atoms with Crippen molar-refractivity contribution in [1.82, 2.24) is 15.1 Å². The molecule has 4 atom stereocenters. The zero-order valence-electron chi connectivity index (χ0n) is 17.4. The molecule has 0 aromatic heterocycles. The molecule has 2 heterocycles. The Hall–Kier alpha value is -3.22. The Kier molecular flexibility index (Phi) is 8.52. The summed E-state index contributed by atoms with van der Waals surface area (Å²) < 4.78 is 0. The largest absolute Gasteiger partial charge is 0.481 e. The zero-order chi connectivity index (χ0) is 24.0. The standard InChI is InChI=1S/C19H28N4O9/c20-10(9-15(26)27)17(29)23-8-2-4-13(23)18(30)22-7-1-3-12(22)16(28)21-11(19(31)32)5-6-14(24)25/h10-13H,1-9,20H2,(H,21,28)(H,24,25)(H,26,27)(H,31,32). The summed E-state index contributed by atoms with van der Waals surface area (Å²) in [7, 11) is 0. The summed E-state index contributed by atoms with van der Waals surface area (Å²) in [5.74, 6) is -5.64. The number of nitrogens with zero attached hydrogens (tertiary/aromatic N) is 2. The molecule has 2 aliphatic heterocycles. The lowest BCUT2D eigenvalue weighted by molar-refractivity contribution is -0.149. The molecule has 0 saturated carbocycles. The highest BCUT2D eigenvalue weighted by molar-refractivity contribution is 5.95. The molecule has 0 spiro atoms. The first-order valence-corrected chi connectivity index (χ1v) is 10.4. The Morgan fingerprint density at radius 2 is 1.50 bits per heavy atom. The minimum absolute atomic E-state index is 0.240. The molecule has 2 fully saturated rings. The van der Waals surface area contributed by atoms with Crippen molar-refractivity contribution in [2.45, 2.75) is 69.1 Å². The van der Waals surface area contributed by atoms with Gasteiger partial charge in [-0.1, -0.05) is 0 Å². The third kappa shape index (κ3) is 6.15. The molecule has 32 heavy (non-hydrogen) atoms. The fourth-order valence-corrected chi connectivity index (χ4v) is 4.06. The number of nitrogens with two attached hydrogens (primary N) is 1. The van der Waals surface area contributed by atoms with Crippen LogP contribution < -0.4 is 11.1 Å². The topological polar surface area (TPSA) is 208 Å². The van der Waals surface area contributed by atoms with Crippen molar-refractivity contribution in [1.29, 1.82) is 0 Å². The summed E-state index contributed by atoms with van der Waals surface area (Å²) in [4.78, 5) is 73.9. The highest BCUT2D eigenvalue weighted by atomic mass is 16.4. The fraction of sp³-hybridized carbons (Fsp3) is 0.684. The van der Waals surface area contributed by atoms with Crippen molar-refractivity contribution in [3.63, 3.8) is 0 Å². The summed E-state index contributed by atoms with van der Waals surface area (Å²) in [6.45, 7) is 0.479. The Morgan fingerprint density at radius 3 is 2.06 bits per heavy atom. The number of likely N-dealkylation sites (tertiary alicyclic amines) is 2. The van der Waals surface area contributed by atoms with Crippen LogP contribution in [0.3, 0.4) is 0 Å². The molecule has 178 valence electrons. The van der Waals surface area contributed by atoms with E-state index >= 15 is 0 Å². The van der Waals surface area contributed by atoms with Gasteiger partial charge in [0.05, 0.1) is 12.5 Å². The van der Waals surface area contributed by atoms with E-state index in [4.69, 9.17) is 15.9 Å². The molecular formula is C19H28N4O9. The summed E-state index contributed by atoms with van der Waals surface area (Å²) in [5, 5.41) is 29.2. The molecule has 2 aliphatic rings. The second-order valence-electron chi connectivity index (χ2n) is 7.92. The highest BCUT2D eigenvalue weighted by Crippen LogP contribution is 2.25.